The summed E-state index contributed by atoms with van der Waals surface area (Å²) in [6.45, 7) is 0.312. The van der Waals surface area contributed by atoms with E-state index in [0.717, 1.165) is 27.5 Å². The van der Waals surface area contributed by atoms with Crippen molar-refractivity contribution in [2.24, 2.45) is 5.14 Å². The predicted molar refractivity (Wildman–Crippen MR) is 87.3 cm³/mol. The van der Waals surface area contributed by atoms with Crippen LogP contribution in [0.25, 0.3) is 0 Å². The number of thiophene rings is 1. The minimum atomic E-state index is -3.67. The Kier molecular flexibility index (Phi) is 4.26. The molecule has 8 heteroatoms. The van der Waals surface area contributed by atoms with E-state index in [4.69, 9.17) is 5.14 Å². The van der Waals surface area contributed by atoms with Gasteiger partial charge in [0.15, 0.2) is 0 Å². The summed E-state index contributed by atoms with van der Waals surface area (Å²) in [6.07, 6.45) is 0.722. The predicted octanol–water partition coefficient (Wildman–Crippen LogP) is 1.73. The van der Waals surface area contributed by atoms with Crippen LogP contribution in [0.1, 0.15) is 10.4 Å². The number of hydrogen-bond donors (Lipinski definition) is 2. The number of hydrogen-bond acceptors (Lipinski definition) is 5. The largest absolute Gasteiger partial charge is 0.350 e. The zero-order valence-corrected chi connectivity index (χ0v) is 13.9. The minimum absolute atomic E-state index is 0.0354. The molecule has 0 bridgehead atoms. The molecular weight excluding hydrogens is 340 g/mol. The van der Waals surface area contributed by atoms with Crippen LogP contribution in [-0.2, 0) is 27.8 Å². The molecule has 2 heterocycles. The molecule has 1 atom stereocenters. The average Bonchev–Trinajstić information content (AvgIpc) is 3.10. The highest BCUT2D eigenvalue weighted by Crippen LogP contribution is 2.36. The Morgan fingerprint density at radius 1 is 1.27 bits per heavy atom. The van der Waals surface area contributed by atoms with Crippen molar-refractivity contribution in [3.8, 4) is 0 Å². The van der Waals surface area contributed by atoms with Crippen molar-refractivity contribution in [3.05, 3.63) is 46.8 Å². The van der Waals surface area contributed by atoms with Crippen molar-refractivity contribution >= 4 is 39.0 Å². The highest BCUT2D eigenvalue weighted by Gasteiger charge is 2.27. The highest BCUT2D eigenvalue weighted by atomic mass is 32.2. The minimum Gasteiger partial charge on any atom is -0.350 e. The standard InChI is InChI=1S/C14H14N2O3S3/c15-22(18,19)13-6-5-10(20-13)8-16-14(17)12-7-9-3-1-2-4-11(9)21-12/h1-6,12H,7-8H2,(H,16,17)(H2,15,18,19). The summed E-state index contributed by atoms with van der Waals surface area (Å²) < 4.78 is 22.5. The Bertz CT molecular complexity index is 789. The Morgan fingerprint density at radius 2 is 2.05 bits per heavy atom. The number of thioether (sulfide) groups is 1. The van der Waals surface area contributed by atoms with Gasteiger partial charge in [-0.05, 0) is 30.2 Å². The maximum atomic E-state index is 12.2. The second-order valence-corrected chi connectivity index (χ2v) is 9.10. The van der Waals surface area contributed by atoms with Crippen molar-refractivity contribution < 1.29 is 13.2 Å². The molecule has 5 nitrogen and oxygen atoms in total. The first-order valence-electron chi connectivity index (χ1n) is 6.57. The lowest BCUT2D eigenvalue weighted by atomic mass is 10.1. The summed E-state index contributed by atoms with van der Waals surface area (Å²) in [5.41, 5.74) is 1.19. The summed E-state index contributed by atoms with van der Waals surface area (Å²) in [5, 5.41) is 7.79. The van der Waals surface area contributed by atoms with Crippen LogP contribution in [0.4, 0.5) is 0 Å². The second-order valence-electron chi connectivity index (χ2n) is 4.90. The summed E-state index contributed by atoms with van der Waals surface area (Å²) >= 11 is 2.64. The van der Waals surface area contributed by atoms with Gasteiger partial charge < -0.3 is 5.32 Å². The van der Waals surface area contributed by atoms with E-state index in [-0.39, 0.29) is 15.4 Å². The number of carbonyl (C=O) groups is 1. The molecule has 0 saturated carbocycles. The molecule has 1 aliphatic heterocycles. The number of sulfonamides is 1. The molecule has 116 valence electrons. The second kappa shape index (κ2) is 6.04. The van der Waals surface area contributed by atoms with E-state index < -0.39 is 10.0 Å². The van der Waals surface area contributed by atoms with Crippen molar-refractivity contribution in [1.82, 2.24) is 5.32 Å². The first-order chi connectivity index (χ1) is 10.4. The van der Waals surface area contributed by atoms with Crippen molar-refractivity contribution in [2.45, 2.75) is 27.3 Å². The lowest BCUT2D eigenvalue weighted by Gasteiger charge is -2.08. The van der Waals surface area contributed by atoms with Gasteiger partial charge in [-0.2, -0.15) is 0 Å². The van der Waals surface area contributed by atoms with E-state index in [1.807, 2.05) is 24.3 Å². The van der Waals surface area contributed by atoms with Crippen molar-refractivity contribution in [1.29, 1.82) is 0 Å². The average molecular weight is 354 g/mol. The fourth-order valence-corrected chi connectivity index (χ4v) is 5.16. The molecule has 2 aromatic rings. The monoisotopic (exact) mass is 354 g/mol. The van der Waals surface area contributed by atoms with Gasteiger partial charge in [0.05, 0.1) is 11.8 Å². The third-order valence-electron chi connectivity index (χ3n) is 3.29. The van der Waals surface area contributed by atoms with Gasteiger partial charge in [0, 0.05) is 9.77 Å². The maximum Gasteiger partial charge on any atom is 0.247 e. The topological polar surface area (TPSA) is 89.3 Å². The molecule has 22 heavy (non-hydrogen) atoms. The highest BCUT2D eigenvalue weighted by molar-refractivity contribution is 8.01. The van der Waals surface area contributed by atoms with E-state index in [9.17, 15) is 13.2 Å². The van der Waals surface area contributed by atoms with Crippen LogP contribution in [-0.4, -0.2) is 19.6 Å². The number of nitrogens with two attached hydrogens (primary N) is 1. The molecule has 1 unspecified atom stereocenters. The van der Waals surface area contributed by atoms with Crippen molar-refractivity contribution in [2.75, 3.05) is 0 Å². The Morgan fingerprint density at radius 3 is 2.73 bits per heavy atom. The fraction of sp³-hybridized carbons (Fsp3) is 0.214. The molecule has 3 N–H and O–H groups in total. The number of amides is 1. The molecule has 0 saturated heterocycles. The summed E-state index contributed by atoms with van der Waals surface area (Å²) in [4.78, 5) is 14.1. The number of fused-ring (bicyclic) bond motifs is 1. The first kappa shape index (κ1) is 15.5. The number of primary sulfonamides is 1. The van der Waals surface area contributed by atoms with Gasteiger partial charge in [0.25, 0.3) is 0 Å². The fourth-order valence-electron chi connectivity index (χ4n) is 2.22. The van der Waals surface area contributed by atoms with Gasteiger partial charge in [-0.15, -0.1) is 23.1 Å². The third kappa shape index (κ3) is 3.35. The van der Waals surface area contributed by atoms with E-state index in [2.05, 4.69) is 5.32 Å². The summed E-state index contributed by atoms with van der Waals surface area (Å²) in [7, 11) is -3.67. The van der Waals surface area contributed by atoms with Crippen LogP contribution >= 0.6 is 23.1 Å². The SMILES string of the molecule is NS(=O)(=O)c1ccc(CNC(=O)C2Cc3ccccc3S2)s1. The number of benzene rings is 1. The van der Waals surface area contributed by atoms with E-state index >= 15 is 0 Å². The lowest BCUT2D eigenvalue weighted by Crippen LogP contribution is -2.31. The maximum absolute atomic E-state index is 12.2. The van der Waals surface area contributed by atoms with Crippen LogP contribution in [0.5, 0.6) is 0 Å². The first-order valence-corrected chi connectivity index (χ1v) is 9.81. The summed E-state index contributed by atoms with van der Waals surface area (Å²) in [5.74, 6) is -0.0354. The van der Waals surface area contributed by atoms with Gasteiger partial charge >= 0.3 is 0 Å². The number of carbonyl (C=O) groups excluding carboxylic acids is 1. The Balaban J connectivity index is 1.59. The zero-order valence-electron chi connectivity index (χ0n) is 11.5. The molecule has 1 aromatic carbocycles. The van der Waals surface area contributed by atoms with Gasteiger partial charge in [0.1, 0.15) is 4.21 Å². The molecule has 0 fully saturated rings. The van der Waals surface area contributed by atoms with Crippen LogP contribution in [0.2, 0.25) is 0 Å². The van der Waals surface area contributed by atoms with Crippen LogP contribution in [0, 0.1) is 0 Å². The summed E-state index contributed by atoms with van der Waals surface area (Å²) in [6, 6.07) is 11.1. The molecule has 1 aliphatic rings. The third-order valence-corrected chi connectivity index (χ3v) is 7.14. The normalized spacial score (nSPS) is 17.2. The Hall–Kier alpha value is -1.35. The van der Waals surface area contributed by atoms with Gasteiger partial charge in [-0.1, -0.05) is 18.2 Å². The molecule has 3 rings (SSSR count). The van der Waals surface area contributed by atoms with Crippen LogP contribution in [0.15, 0.2) is 45.5 Å². The van der Waals surface area contributed by atoms with E-state index in [1.165, 1.54) is 11.6 Å². The smallest absolute Gasteiger partial charge is 0.247 e. The van der Waals surface area contributed by atoms with E-state index in [1.54, 1.807) is 17.8 Å². The molecule has 1 aromatic heterocycles. The molecular formula is C14H14N2O3S3. The van der Waals surface area contributed by atoms with Gasteiger partial charge in [-0.3, -0.25) is 4.79 Å². The van der Waals surface area contributed by atoms with Crippen molar-refractivity contribution in [3.63, 3.8) is 0 Å². The molecule has 1 amide bonds. The number of rotatable bonds is 4. The molecule has 0 aliphatic carbocycles. The lowest BCUT2D eigenvalue weighted by molar-refractivity contribution is -0.120. The Labute approximate surface area is 137 Å². The quantitative estimate of drug-likeness (QED) is 0.875. The molecule has 0 radical (unpaired) electrons. The van der Waals surface area contributed by atoms with Crippen LogP contribution < -0.4 is 10.5 Å². The van der Waals surface area contributed by atoms with E-state index in [0.29, 0.717) is 6.54 Å². The number of nitrogens with one attached hydrogen (secondary N) is 1. The molecule has 0 spiro atoms. The van der Waals surface area contributed by atoms with Gasteiger partial charge in [0.2, 0.25) is 15.9 Å². The van der Waals surface area contributed by atoms with Crippen LogP contribution in [0.3, 0.4) is 0 Å². The zero-order chi connectivity index (χ0) is 15.7. The van der Waals surface area contributed by atoms with Gasteiger partial charge in [-0.25, -0.2) is 13.6 Å².